The van der Waals surface area contributed by atoms with Crippen molar-refractivity contribution in [2.45, 2.75) is 78.2 Å². The van der Waals surface area contributed by atoms with Crippen molar-refractivity contribution in [1.82, 2.24) is 4.90 Å². The van der Waals surface area contributed by atoms with Crippen molar-refractivity contribution in [1.29, 1.82) is 0 Å². The van der Waals surface area contributed by atoms with Gasteiger partial charge in [0.25, 0.3) is 5.97 Å². The summed E-state index contributed by atoms with van der Waals surface area (Å²) < 4.78 is 0. The van der Waals surface area contributed by atoms with Gasteiger partial charge in [0.05, 0.1) is 0 Å². The molecule has 108 valence electrons. The topological polar surface area (TPSA) is 40.5 Å². The van der Waals surface area contributed by atoms with Gasteiger partial charge in [0.2, 0.25) is 0 Å². The SMILES string of the molecule is CC(=O)O.CCCCCCN1CCCCC1CC. The van der Waals surface area contributed by atoms with E-state index < -0.39 is 5.97 Å². The number of aliphatic carboxylic acids is 1. The Kier molecular flexibility index (Phi) is 11.2. The lowest BCUT2D eigenvalue weighted by Crippen LogP contribution is -2.39. The van der Waals surface area contributed by atoms with E-state index in [-0.39, 0.29) is 0 Å². The first-order valence-corrected chi connectivity index (χ1v) is 7.55. The molecule has 0 radical (unpaired) electrons. The van der Waals surface area contributed by atoms with Gasteiger partial charge in [0, 0.05) is 13.0 Å². The fourth-order valence-corrected chi connectivity index (χ4v) is 2.56. The highest BCUT2D eigenvalue weighted by atomic mass is 16.4. The molecule has 18 heavy (non-hydrogen) atoms. The normalized spacial score (nSPS) is 20.1. The van der Waals surface area contributed by atoms with Gasteiger partial charge in [-0.2, -0.15) is 0 Å². The molecule has 0 aliphatic carbocycles. The van der Waals surface area contributed by atoms with E-state index in [0.29, 0.717) is 0 Å². The number of carbonyl (C=O) groups is 1. The fraction of sp³-hybridized carbons (Fsp3) is 0.933. The Morgan fingerprint density at radius 3 is 2.44 bits per heavy atom. The molecule has 0 saturated carbocycles. The Morgan fingerprint density at radius 1 is 1.22 bits per heavy atom. The molecule has 1 N–H and O–H groups in total. The van der Waals surface area contributed by atoms with Crippen LogP contribution in [0, 0.1) is 0 Å². The molecule has 0 aromatic rings. The largest absolute Gasteiger partial charge is 0.481 e. The lowest BCUT2D eigenvalue weighted by Gasteiger charge is -2.35. The molecule has 1 rings (SSSR count). The predicted octanol–water partition coefficient (Wildman–Crippen LogP) is 3.92. The van der Waals surface area contributed by atoms with Crippen molar-refractivity contribution in [2.24, 2.45) is 0 Å². The fourth-order valence-electron chi connectivity index (χ4n) is 2.56. The Hall–Kier alpha value is -0.570. The van der Waals surface area contributed by atoms with Gasteiger partial charge in [-0.15, -0.1) is 0 Å². The Labute approximate surface area is 113 Å². The van der Waals surface area contributed by atoms with Crippen molar-refractivity contribution in [3.05, 3.63) is 0 Å². The zero-order valence-corrected chi connectivity index (χ0v) is 12.5. The van der Waals surface area contributed by atoms with E-state index in [9.17, 15) is 0 Å². The van der Waals surface area contributed by atoms with Gasteiger partial charge in [0.15, 0.2) is 0 Å². The summed E-state index contributed by atoms with van der Waals surface area (Å²) in [5.41, 5.74) is 0. The molecular formula is C15H31NO2. The van der Waals surface area contributed by atoms with Crippen molar-refractivity contribution >= 4 is 5.97 Å². The highest BCUT2D eigenvalue weighted by Crippen LogP contribution is 2.19. The number of carboxylic acid groups (broad SMARTS) is 1. The van der Waals surface area contributed by atoms with Crippen molar-refractivity contribution < 1.29 is 9.90 Å². The summed E-state index contributed by atoms with van der Waals surface area (Å²) in [6, 6.07) is 0.908. The third-order valence-electron chi connectivity index (χ3n) is 3.52. The molecule has 0 amide bonds. The maximum Gasteiger partial charge on any atom is 0.300 e. The molecule has 1 fully saturated rings. The second kappa shape index (κ2) is 11.5. The van der Waals surface area contributed by atoms with E-state index in [0.717, 1.165) is 13.0 Å². The van der Waals surface area contributed by atoms with Gasteiger partial charge in [-0.25, -0.2) is 0 Å². The van der Waals surface area contributed by atoms with Crippen LogP contribution in [0.5, 0.6) is 0 Å². The van der Waals surface area contributed by atoms with Crippen molar-refractivity contribution in [2.75, 3.05) is 13.1 Å². The van der Waals surface area contributed by atoms with E-state index in [4.69, 9.17) is 9.90 Å². The molecule has 0 aromatic carbocycles. The minimum Gasteiger partial charge on any atom is -0.481 e. The van der Waals surface area contributed by atoms with Crippen LogP contribution in [0.15, 0.2) is 0 Å². The number of carboxylic acids is 1. The molecule has 3 heteroatoms. The number of likely N-dealkylation sites (tertiary alicyclic amines) is 1. The van der Waals surface area contributed by atoms with Crippen LogP contribution >= 0.6 is 0 Å². The number of rotatable bonds is 6. The van der Waals surface area contributed by atoms with Gasteiger partial charge in [-0.1, -0.05) is 39.5 Å². The standard InChI is InChI=1S/C13H27N.C2H4O2/c1-3-5-6-8-11-14-12-9-7-10-13(14)4-2;1-2(3)4/h13H,3-12H2,1-2H3;1H3,(H,3,4). The first-order chi connectivity index (χ1) is 8.61. The minimum atomic E-state index is -0.833. The van der Waals surface area contributed by atoms with Crippen LogP contribution in [0.1, 0.15) is 72.1 Å². The lowest BCUT2D eigenvalue weighted by molar-refractivity contribution is -0.134. The molecule has 1 aliphatic heterocycles. The van der Waals surface area contributed by atoms with Gasteiger partial charge in [-0.05, 0) is 38.8 Å². The number of hydrogen-bond donors (Lipinski definition) is 1. The summed E-state index contributed by atoms with van der Waals surface area (Å²) >= 11 is 0. The number of unbranched alkanes of at least 4 members (excludes halogenated alkanes) is 3. The van der Waals surface area contributed by atoms with E-state index in [1.54, 1.807) is 0 Å². The molecule has 1 heterocycles. The third-order valence-corrected chi connectivity index (χ3v) is 3.52. The molecule has 0 aromatic heterocycles. The molecule has 1 saturated heterocycles. The van der Waals surface area contributed by atoms with Crippen LogP contribution in [-0.4, -0.2) is 35.1 Å². The first kappa shape index (κ1) is 17.4. The number of hydrogen-bond acceptors (Lipinski definition) is 2. The van der Waals surface area contributed by atoms with E-state index >= 15 is 0 Å². The van der Waals surface area contributed by atoms with Gasteiger partial charge < -0.3 is 10.0 Å². The monoisotopic (exact) mass is 257 g/mol. The summed E-state index contributed by atoms with van der Waals surface area (Å²) in [5, 5.41) is 7.42. The quantitative estimate of drug-likeness (QED) is 0.733. The van der Waals surface area contributed by atoms with Crippen LogP contribution in [0.2, 0.25) is 0 Å². The Balaban J connectivity index is 0.000000631. The zero-order chi connectivity index (χ0) is 13.8. The Bertz CT molecular complexity index is 203. The summed E-state index contributed by atoms with van der Waals surface area (Å²) in [7, 11) is 0. The summed E-state index contributed by atoms with van der Waals surface area (Å²) in [6.07, 6.45) is 11.3. The smallest absolute Gasteiger partial charge is 0.300 e. The first-order valence-electron chi connectivity index (χ1n) is 7.55. The summed E-state index contributed by atoms with van der Waals surface area (Å²) in [4.78, 5) is 11.7. The van der Waals surface area contributed by atoms with Crippen molar-refractivity contribution in [3.63, 3.8) is 0 Å². The predicted molar refractivity (Wildman–Crippen MR) is 77.0 cm³/mol. The molecule has 0 bridgehead atoms. The molecular weight excluding hydrogens is 226 g/mol. The second-order valence-electron chi connectivity index (χ2n) is 5.17. The van der Waals surface area contributed by atoms with Gasteiger partial charge in [-0.3, -0.25) is 4.79 Å². The molecule has 1 aliphatic rings. The zero-order valence-electron chi connectivity index (χ0n) is 12.5. The van der Waals surface area contributed by atoms with Crippen molar-refractivity contribution in [3.8, 4) is 0 Å². The lowest BCUT2D eigenvalue weighted by atomic mass is 9.99. The Morgan fingerprint density at radius 2 is 1.89 bits per heavy atom. The van der Waals surface area contributed by atoms with Crippen LogP contribution in [0.3, 0.4) is 0 Å². The third kappa shape index (κ3) is 9.46. The molecule has 1 unspecified atom stereocenters. The van der Waals surface area contributed by atoms with E-state index in [2.05, 4.69) is 18.7 Å². The van der Waals surface area contributed by atoms with Crippen LogP contribution in [-0.2, 0) is 4.79 Å². The van der Waals surface area contributed by atoms with E-state index in [1.807, 2.05) is 0 Å². The van der Waals surface area contributed by atoms with Crippen LogP contribution in [0.25, 0.3) is 0 Å². The van der Waals surface area contributed by atoms with Gasteiger partial charge in [0.1, 0.15) is 0 Å². The highest BCUT2D eigenvalue weighted by Gasteiger charge is 2.19. The maximum absolute atomic E-state index is 9.00. The minimum absolute atomic E-state index is 0.833. The second-order valence-corrected chi connectivity index (χ2v) is 5.17. The van der Waals surface area contributed by atoms with Gasteiger partial charge >= 0.3 is 0 Å². The molecule has 0 spiro atoms. The maximum atomic E-state index is 9.00. The molecule has 1 atom stereocenters. The number of nitrogens with zero attached hydrogens (tertiary/aromatic N) is 1. The average Bonchev–Trinajstić information content (AvgIpc) is 2.34. The van der Waals surface area contributed by atoms with E-state index in [1.165, 1.54) is 64.5 Å². The van der Waals surface area contributed by atoms with Crippen LogP contribution in [0.4, 0.5) is 0 Å². The summed E-state index contributed by atoms with van der Waals surface area (Å²) in [5.74, 6) is -0.833. The average molecular weight is 257 g/mol. The van der Waals surface area contributed by atoms with Crippen LogP contribution < -0.4 is 0 Å². The summed E-state index contributed by atoms with van der Waals surface area (Å²) in [6.45, 7) is 8.44. The molecule has 3 nitrogen and oxygen atoms in total. The highest BCUT2D eigenvalue weighted by molar-refractivity contribution is 5.62. The number of piperidine rings is 1.